The van der Waals surface area contributed by atoms with E-state index in [9.17, 15) is 0 Å². The normalized spacial score (nSPS) is 14.2. The van der Waals surface area contributed by atoms with Gasteiger partial charge in [-0.1, -0.05) is 68.7 Å². The zero-order chi connectivity index (χ0) is 16.1. The zero-order valence-electron chi connectivity index (χ0n) is 14.9. The summed E-state index contributed by atoms with van der Waals surface area (Å²) in [7, 11) is 0. The topological polar surface area (TPSA) is 0 Å². The average Bonchev–Trinajstić information content (AvgIpc) is 2.51. The molecule has 0 saturated carbocycles. The lowest BCUT2D eigenvalue weighted by Crippen LogP contribution is -2.16. The Morgan fingerprint density at radius 1 is 0.864 bits per heavy atom. The van der Waals surface area contributed by atoms with Crippen molar-refractivity contribution in [2.75, 3.05) is 0 Å². The Morgan fingerprint density at radius 3 is 2.00 bits per heavy atom. The molecule has 2 rings (SSSR count). The molecular formula is C22H30. The molecule has 1 aliphatic carbocycles. The Labute approximate surface area is 136 Å². The minimum Gasteiger partial charge on any atom is -0.0683 e. The monoisotopic (exact) mass is 294 g/mol. The third-order valence-electron chi connectivity index (χ3n) is 4.65. The molecule has 0 unspecified atom stereocenters. The summed E-state index contributed by atoms with van der Waals surface area (Å²) in [5, 5.41) is 0. The van der Waals surface area contributed by atoms with Gasteiger partial charge in [0.25, 0.3) is 0 Å². The van der Waals surface area contributed by atoms with E-state index in [1.807, 2.05) is 0 Å². The van der Waals surface area contributed by atoms with Crippen LogP contribution in [0.3, 0.4) is 0 Å². The van der Waals surface area contributed by atoms with Crippen LogP contribution in [0.1, 0.15) is 72.3 Å². The molecular weight excluding hydrogens is 264 g/mol. The SMILES string of the molecule is CCCCC1=C(c2ccccc2)C(=C(CC)CC)C1=C(C)C. The molecule has 0 amide bonds. The van der Waals surface area contributed by atoms with Crippen molar-refractivity contribution >= 4 is 5.57 Å². The second-order valence-electron chi connectivity index (χ2n) is 6.38. The lowest BCUT2D eigenvalue weighted by Gasteiger charge is -2.35. The van der Waals surface area contributed by atoms with E-state index in [1.165, 1.54) is 36.0 Å². The molecule has 0 heterocycles. The molecule has 0 N–H and O–H groups in total. The standard InChI is InChI=1S/C22H30/c1-6-9-15-19-20(16(4)5)22(17(7-2)8-3)21(19)18-13-11-10-12-14-18/h10-14H,6-9,15H2,1-5H3. The first kappa shape index (κ1) is 16.8. The molecule has 118 valence electrons. The van der Waals surface area contributed by atoms with E-state index in [4.69, 9.17) is 0 Å². The third-order valence-corrected chi connectivity index (χ3v) is 4.65. The van der Waals surface area contributed by atoms with Gasteiger partial charge in [-0.3, -0.25) is 0 Å². The first-order chi connectivity index (χ1) is 10.7. The van der Waals surface area contributed by atoms with Crippen molar-refractivity contribution in [3.05, 3.63) is 63.8 Å². The fraction of sp³-hybridized carbons (Fsp3) is 0.455. The maximum atomic E-state index is 2.29. The van der Waals surface area contributed by atoms with Crippen molar-refractivity contribution in [2.45, 2.75) is 66.7 Å². The van der Waals surface area contributed by atoms with Gasteiger partial charge in [0.1, 0.15) is 0 Å². The Hall–Kier alpha value is -1.56. The van der Waals surface area contributed by atoms with Crippen LogP contribution in [0.5, 0.6) is 0 Å². The molecule has 0 bridgehead atoms. The molecule has 0 heteroatoms. The molecule has 0 aliphatic heterocycles. The van der Waals surface area contributed by atoms with Gasteiger partial charge in [-0.2, -0.15) is 0 Å². The Balaban J connectivity index is 2.65. The van der Waals surface area contributed by atoms with Gasteiger partial charge in [0.2, 0.25) is 0 Å². The maximum absolute atomic E-state index is 2.29. The van der Waals surface area contributed by atoms with Gasteiger partial charge < -0.3 is 0 Å². The van der Waals surface area contributed by atoms with Gasteiger partial charge in [0.15, 0.2) is 0 Å². The second-order valence-corrected chi connectivity index (χ2v) is 6.38. The molecule has 0 saturated heterocycles. The van der Waals surface area contributed by atoms with Crippen LogP contribution in [0, 0.1) is 0 Å². The lowest BCUT2D eigenvalue weighted by atomic mass is 9.68. The van der Waals surface area contributed by atoms with Crippen molar-refractivity contribution in [1.29, 1.82) is 0 Å². The molecule has 22 heavy (non-hydrogen) atoms. The predicted octanol–water partition coefficient (Wildman–Crippen LogP) is 7.10. The van der Waals surface area contributed by atoms with Crippen molar-refractivity contribution in [1.82, 2.24) is 0 Å². The van der Waals surface area contributed by atoms with Crippen LogP contribution in [0.2, 0.25) is 0 Å². The highest BCUT2D eigenvalue weighted by Gasteiger charge is 2.32. The van der Waals surface area contributed by atoms with Crippen LogP contribution < -0.4 is 0 Å². The first-order valence-corrected chi connectivity index (χ1v) is 8.84. The number of benzene rings is 1. The van der Waals surface area contributed by atoms with Crippen LogP contribution >= 0.6 is 0 Å². The summed E-state index contributed by atoms with van der Waals surface area (Å²) in [5.74, 6) is 0. The number of hydrogen-bond donors (Lipinski definition) is 0. The van der Waals surface area contributed by atoms with Crippen LogP contribution in [0.4, 0.5) is 0 Å². The Morgan fingerprint density at radius 2 is 1.50 bits per heavy atom. The molecule has 0 atom stereocenters. The van der Waals surface area contributed by atoms with Crippen molar-refractivity contribution in [2.24, 2.45) is 0 Å². The summed E-state index contributed by atoms with van der Waals surface area (Å²) < 4.78 is 0. The zero-order valence-corrected chi connectivity index (χ0v) is 14.9. The fourth-order valence-electron chi connectivity index (χ4n) is 3.53. The Bertz CT molecular complexity index is 599. The van der Waals surface area contributed by atoms with Gasteiger partial charge in [0, 0.05) is 0 Å². The van der Waals surface area contributed by atoms with E-state index in [2.05, 4.69) is 65.0 Å². The third kappa shape index (κ3) is 3.11. The Kier molecular flexibility index (Phi) is 5.83. The quantitative estimate of drug-likeness (QED) is 0.525. The van der Waals surface area contributed by atoms with E-state index in [0.29, 0.717) is 0 Å². The molecule has 1 aromatic rings. The molecule has 1 aliphatic rings. The van der Waals surface area contributed by atoms with Gasteiger partial charge in [-0.15, -0.1) is 0 Å². The number of rotatable bonds is 6. The summed E-state index contributed by atoms with van der Waals surface area (Å²) in [6.45, 7) is 11.4. The lowest BCUT2D eigenvalue weighted by molar-refractivity contribution is 0.783. The summed E-state index contributed by atoms with van der Waals surface area (Å²) in [6.07, 6.45) is 6.06. The molecule has 1 aromatic carbocycles. The molecule has 0 nitrogen and oxygen atoms in total. The number of hydrogen-bond acceptors (Lipinski definition) is 0. The highest BCUT2D eigenvalue weighted by atomic mass is 14.4. The minimum absolute atomic E-state index is 1.15. The van der Waals surface area contributed by atoms with Crippen molar-refractivity contribution in [3.63, 3.8) is 0 Å². The summed E-state index contributed by atoms with van der Waals surface area (Å²) in [4.78, 5) is 0. The van der Waals surface area contributed by atoms with E-state index in [-0.39, 0.29) is 0 Å². The smallest absolute Gasteiger partial charge is 0.00675 e. The van der Waals surface area contributed by atoms with E-state index in [0.717, 1.165) is 12.8 Å². The predicted molar refractivity (Wildman–Crippen MR) is 98.9 cm³/mol. The van der Waals surface area contributed by atoms with Crippen LogP contribution in [-0.4, -0.2) is 0 Å². The van der Waals surface area contributed by atoms with Crippen LogP contribution in [0.25, 0.3) is 5.57 Å². The van der Waals surface area contributed by atoms with E-state index in [1.54, 1.807) is 22.3 Å². The average molecular weight is 294 g/mol. The second kappa shape index (κ2) is 7.63. The van der Waals surface area contributed by atoms with E-state index < -0.39 is 0 Å². The highest BCUT2D eigenvalue weighted by Crippen LogP contribution is 2.51. The molecule has 0 radical (unpaired) electrons. The molecule has 0 spiro atoms. The highest BCUT2D eigenvalue weighted by molar-refractivity contribution is 5.99. The summed E-state index contributed by atoms with van der Waals surface area (Å²) in [5.41, 5.74) is 10.7. The fourth-order valence-corrected chi connectivity index (χ4v) is 3.53. The minimum atomic E-state index is 1.15. The van der Waals surface area contributed by atoms with Gasteiger partial charge in [-0.25, -0.2) is 0 Å². The largest absolute Gasteiger partial charge is 0.0683 e. The molecule has 0 fully saturated rings. The first-order valence-electron chi connectivity index (χ1n) is 8.84. The van der Waals surface area contributed by atoms with Crippen LogP contribution in [-0.2, 0) is 0 Å². The number of unbranched alkanes of at least 4 members (excludes halogenated alkanes) is 1. The van der Waals surface area contributed by atoms with Crippen molar-refractivity contribution in [3.8, 4) is 0 Å². The summed E-state index contributed by atoms with van der Waals surface area (Å²) in [6, 6.07) is 11.0. The number of allylic oxidation sites excluding steroid dienone is 6. The maximum Gasteiger partial charge on any atom is -0.00675 e. The molecule has 0 aromatic heterocycles. The van der Waals surface area contributed by atoms with Crippen LogP contribution in [0.15, 0.2) is 58.2 Å². The van der Waals surface area contributed by atoms with Crippen molar-refractivity contribution < 1.29 is 0 Å². The van der Waals surface area contributed by atoms with Gasteiger partial charge in [-0.05, 0) is 67.4 Å². The van der Waals surface area contributed by atoms with Gasteiger partial charge >= 0.3 is 0 Å². The summed E-state index contributed by atoms with van der Waals surface area (Å²) >= 11 is 0. The van der Waals surface area contributed by atoms with E-state index >= 15 is 0 Å². The van der Waals surface area contributed by atoms with Gasteiger partial charge in [0.05, 0.1) is 0 Å².